The summed E-state index contributed by atoms with van der Waals surface area (Å²) in [6, 6.07) is 9.94. The minimum absolute atomic E-state index is 0.350. The van der Waals surface area contributed by atoms with Gasteiger partial charge in [0.2, 0.25) is 0 Å². The molecule has 4 nitrogen and oxygen atoms in total. The van der Waals surface area contributed by atoms with Crippen molar-refractivity contribution in [2.24, 2.45) is 5.73 Å². The van der Waals surface area contributed by atoms with Crippen LogP contribution < -0.4 is 5.73 Å². The lowest BCUT2D eigenvalue weighted by molar-refractivity contribution is 1.03. The molecule has 0 aliphatic rings. The van der Waals surface area contributed by atoms with Crippen molar-refractivity contribution in [2.75, 3.05) is 0 Å². The van der Waals surface area contributed by atoms with Crippen LogP contribution in [-0.4, -0.2) is 19.5 Å². The maximum atomic E-state index is 5.87. The van der Waals surface area contributed by atoms with E-state index < -0.39 is 0 Å². The van der Waals surface area contributed by atoms with Gasteiger partial charge in [0.05, 0.1) is 22.3 Å². The predicted molar refractivity (Wildman–Crippen MR) is 84.2 cm³/mol. The van der Waals surface area contributed by atoms with Crippen molar-refractivity contribution >= 4 is 28.2 Å². The van der Waals surface area contributed by atoms with E-state index in [1.54, 1.807) is 6.33 Å². The number of fused-ring (bicyclic) bond motifs is 1. The number of nitrogens with two attached hydrogens (primary N) is 1. The zero-order valence-electron chi connectivity index (χ0n) is 11.3. The summed E-state index contributed by atoms with van der Waals surface area (Å²) in [5.74, 6) is 0. The fourth-order valence-corrected chi connectivity index (χ4v) is 2.71. The zero-order chi connectivity index (χ0) is 14.3. The molecule has 0 fully saturated rings. The number of thiocarbonyl (C=S) groups is 1. The number of benzene rings is 1. The van der Waals surface area contributed by atoms with E-state index in [4.69, 9.17) is 18.0 Å². The Morgan fingerprint density at radius 1 is 1.25 bits per heavy atom. The van der Waals surface area contributed by atoms with Gasteiger partial charge in [-0.25, -0.2) is 4.98 Å². The van der Waals surface area contributed by atoms with Gasteiger partial charge < -0.3 is 5.73 Å². The quantitative estimate of drug-likeness (QED) is 0.734. The van der Waals surface area contributed by atoms with E-state index in [9.17, 15) is 0 Å². The SMILES string of the molecule is Cc1cc(-n2cnc3ccccc32)c(C(N)=S)c(C)n1. The Kier molecular flexibility index (Phi) is 2.99. The fraction of sp³-hybridized carbons (Fsp3) is 0.133. The topological polar surface area (TPSA) is 56.7 Å². The third-order valence-electron chi connectivity index (χ3n) is 3.27. The summed E-state index contributed by atoms with van der Waals surface area (Å²) in [6.45, 7) is 3.88. The van der Waals surface area contributed by atoms with Crippen LogP contribution in [0, 0.1) is 13.8 Å². The van der Waals surface area contributed by atoms with E-state index in [0.29, 0.717) is 4.99 Å². The highest BCUT2D eigenvalue weighted by Gasteiger charge is 2.14. The number of pyridine rings is 1. The van der Waals surface area contributed by atoms with Crippen molar-refractivity contribution in [3.05, 3.63) is 53.6 Å². The first-order chi connectivity index (χ1) is 9.58. The molecule has 2 aromatic heterocycles. The average molecular weight is 282 g/mol. The molecule has 0 spiro atoms. The summed E-state index contributed by atoms with van der Waals surface area (Å²) < 4.78 is 2.01. The van der Waals surface area contributed by atoms with Crippen LogP contribution in [0.3, 0.4) is 0 Å². The number of hydrogen-bond donors (Lipinski definition) is 1. The molecule has 0 saturated carbocycles. The Morgan fingerprint density at radius 3 is 2.75 bits per heavy atom. The van der Waals surface area contributed by atoms with Gasteiger partial charge in [-0.05, 0) is 32.0 Å². The second-order valence-electron chi connectivity index (χ2n) is 4.71. The standard InChI is InChI=1S/C15H14N4S/c1-9-7-13(14(15(16)20)10(2)18-9)19-8-17-11-5-3-4-6-12(11)19/h3-8H,1-2H3,(H2,16,20). The van der Waals surface area contributed by atoms with Gasteiger partial charge in [0.1, 0.15) is 11.3 Å². The van der Waals surface area contributed by atoms with Crippen molar-refractivity contribution in [3.8, 4) is 5.69 Å². The molecule has 0 radical (unpaired) electrons. The van der Waals surface area contributed by atoms with Crippen molar-refractivity contribution in [2.45, 2.75) is 13.8 Å². The lowest BCUT2D eigenvalue weighted by Gasteiger charge is -2.13. The molecule has 0 saturated heterocycles. The van der Waals surface area contributed by atoms with E-state index in [-0.39, 0.29) is 0 Å². The number of imidazole rings is 1. The number of hydrogen-bond acceptors (Lipinski definition) is 3. The Labute approximate surface area is 122 Å². The molecular weight excluding hydrogens is 268 g/mol. The molecule has 0 atom stereocenters. The zero-order valence-corrected chi connectivity index (χ0v) is 12.1. The molecule has 5 heteroatoms. The van der Waals surface area contributed by atoms with E-state index in [1.165, 1.54) is 0 Å². The molecule has 100 valence electrons. The van der Waals surface area contributed by atoms with Gasteiger partial charge in [-0.1, -0.05) is 24.4 Å². The molecule has 20 heavy (non-hydrogen) atoms. The fourth-order valence-electron chi connectivity index (χ4n) is 2.45. The Morgan fingerprint density at radius 2 is 2.00 bits per heavy atom. The molecule has 0 bridgehead atoms. The Balaban J connectivity index is 2.37. The second-order valence-corrected chi connectivity index (χ2v) is 5.15. The van der Waals surface area contributed by atoms with E-state index in [0.717, 1.165) is 33.7 Å². The predicted octanol–water partition coefficient (Wildman–Crippen LogP) is 2.67. The molecule has 3 rings (SSSR count). The first kappa shape index (κ1) is 12.7. The number of para-hydroxylation sites is 2. The number of rotatable bonds is 2. The third-order valence-corrected chi connectivity index (χ3v) is 3.47. The van der Waals surface area contributed by atoms with E-state index in [1.807, 2.05) is 48.7 Å². The molecule has 0 aliphatic heterocycles. The summed E-state index contributed by atoms with van der Waals surface area (Å²) in [7, 11) is 0. The van der Waals surface area contributed by atoms with Crippen molar-refractivity contribution in [1.82, 2.24) is 14.5 Å². The van der Waals surface area contributed by atoms with Gasteiger partial charge in [0.25, 0.3) is 0 Å². The highest BCUT2D eigenvalue weighted by atomic mass is 32.1. The summed E-state index contributed by atoms with van der Waals surface area (Å²) >= 11 is 5.18. The molecule has 0 amide bonds. The lowest BCUT2D eigenvalue weighted by atomic mass is 10.1. The molecule has 0 unspecified atom stereocenters. The minimum Gasteiger partial charge on any atom is -0.389 e. The van der Waals surface area contributed by atoms with Gasteiger partial charge in [-0.15, -0.1) is 0 Å². The van der Waals surface area contributed by atoms with Gasteiger partial charge >= 0.3 is 0 Å². The highest BCUT2D eigenvalue weighted by Crippen LogP contribution is 2.23. The second kappa shape index (κ2) is 4.68. The summed E-state index contributed by atoms with van der Waals surface area (Å²) in [5.41, 5.74) is 11.3. The third kappa shape index (κ3) is 1.96. The van der Waals surface area contributed by atoms with Gasteiger partial charge in [-0.3, -0.25) is 9.55 Å². The monoisotopic (exact) mass is 282 g/mol. The van der Waals surface area contributed by atoms with Crippen molar-refractivity contribution in [3.63, 3.8) is 0 Å². The molecule has 3 aromatic rings. The highest BCUT2D eigenvalue weighted by molar-refractivity contribution is 7.80. The molecule has 2 heterocycles. The van der Waals surface area contributed by atoms with Crippen LogP contribution in [0.4, 0.5) is 0 Å². The average Bonchev–Trinajstić information content (AvgIpc) is 2.80. The summed E-state index contributed by atoms with van der Waals surface area (Å²) in [5, 5.41) is 0. The number of nitrogens with zero attached hydrogens (tertiary/aromatic N) is 3. The largest absolute Gasteiger partial charge is 0.389 e. The Bertz CT molecular complexity index is 820. The number of aryl methyl sites for hydroxylation is 2. The molecule has 1 aromatic carbocycles. The smallest absolute Gasteiger partial charge is 0.107 e. The maximum Gasteiger partial charge on any atom is 0.107 e. The number of aromatic nitrogens is 3. The van der Waals surface area contributed by atoms with Crippen molar-refractivity contribution < 1.29 is 0 Å². The normalized spacial score (nSPS) is 10.9. The van der Waals surface area contributed by atoms with Crippen LogP contribution in [0.25, 0.3) is 16.7 Å². The van der Waals surface area contributed by atoms with Gasteiger partial charge in [0.15, 0.2) is 0 Å². The van der Waals surface area contributed by atoms with E-state index in [2.05, 4.69) is 9.97 Å². The summed E-state index contributed by atoms with van der Waals surface area (Å²) in [6.07, 6.45) is 1.79. The summed E-state index contributed by atoms with van der Waals surface area (Å²) in [4.78, 5) is 9.21. The van der Waals surface area contributed by atoms with Gasteiger partial charge in [0, 0.05) is 11.4 Å². The van der Waals surface area contributed by atoms with Crippen LogP contribution in [0.1, 0.15) is 17.0 Å². The van der Waals surface area contributed by atoms with Crippen LogP contribution in [0.5, 0.6) is 0 Å². The minimum atomic E-state index is 0.350. The molecule has 2 N–H and O–H groups in total. The first-order valence-electron chi connectivity index (χ1n) is 6.28. The van der Waals surface area contributed by atoms with Crippen LogP contribution in [0.15, 0.2) is 36.7 Å². The molecular formula is C15H14N4S. The van der Waals surface area contributed by atoms with Gasteiger partial charge in [-0.2, -0.15) is 0 Å². The first-order valence-corrected chi connectivity index (χ1v) is 6.69. The van der Waals surface area contributed by atoms with Crippen LogP contribution in [-0.2, 0) is 0 Å². The van der Waals surface area contributed by atoms with E-state index >= 15 is 0 Å². The van der Waals surface area contributed by atoms with Crippen LogP contribution in [0.2, 0.25) is 0 Å². The lowest BCUT2D eigenvalue weighted by Crippen LogP contribution is -2.16. The maximum absolute atomic E-state index is 5.87. The van der Waals surface area contributed by atoms with Crippen molar-refractivity contribution in [1.29, 1.82) is 0 Å². The Hall–Kier alpha value is -2.27. The van der Waals surface area contributed by atoms with Crippen LogP contribution >= 0.6 is 12.2 Å². The molecule has 0 aliphatic carbocycles.